The van der Waals surface area contributed by atoms with Gasteiger partial charge in [-0.1, -0.05) is 17.7 Å². The Kier molecular flexibility index (Phi) is 4.71. The largest absolute Gasteiger partial charge is 0.368 e. The number of piperazine rings is 1. The number of nitrogens with zero attached hydrogens (tertiary/aromatic N) is 4. The summed E-state index contributed by atoms with van der Waals surface area (Å²) < 4.78 is 13.1. The Hall–Kier alpha value is -2.66. The smallest absolute Gasteiger partial charge is 0.132 e. The molecule has 4 rings (SSSR count). The summed E-state index contributed by atoms with van der Waals surface area (Å²) in [6.45, 7) is 3.53. The minimum Gasteiger partial charge on any atom is -0.368 e. The first-order valence-corrected chi connectivity index (χ1v) is 8.90. The zero-order valence-corrected chi connectivity index (χ0v) is 14.9. The number of aromatic nitrogens is 2. The van der Waals surface area contributed by atoms with E-state index in [0.717, 1.165) is 54.0 Å². The van der Waals surface area contributed by atoms with Gasteiger partial charge >= 0.3 is 0 Å². The summed E-state index contributed by atoms with van der Waals surface area (Å²) in [7, 11) is 0. The highest BCUT2D eigenvalue weighted by Crippen LogP contribution is 2.24. The molecule has 1 aliphatic heterocycles. The van der Waals surface area contributed by atoms with Gasteiger partial charge in [-0.3, -0.25) is 0 Å². The third-order valence-corrected chi connectivity index (χ3v) is 4.80. The van der Waals surface area contributed by atoms with Gasteiger partial charge in [-0.15, -0.1) is 0 Å². The molecule has 0 unspecified atom stereocenters. The van der Waals surface area contributed by atoms with Crippen LogP contribution in [0.2, 0.25) is 5.02 Å². The van der Waals surface area contributed by atoms with Crippen LogP contribution >= 0.6 is 11.6 Å². The molecule has 0 N–H and O–H groups in total. The fourth-order valence-electron chi connectivity index (χ4n) is 3.17. The van der Waals surface area contributed by atoms with Crippen molar-refractivity contribution < 1.29 is 4.39 Å². The maximum Gasteiger partial charge on any atom is 0.132 e. The average molecular weight is 369 g/mol. The zero-order valence-electron chi connectivity index (χ0n) is 14.1. The van der Waals surface area contributed by atoms with E-state index >= 15 is 0 Å². The van der Waals surface area contributed by atoms with Crippen LogP contribution in [0.4, 0.5) is 15.9 Å². The van der Waals surface area contributed by atoms with Crippen molar-refractivity contribution in [3.63, 3.8) is 0 Å². The molecule has 2 aromatic carbocycles. The lowest BCUT2D eigenvalue weighted by atomic mass is 10.1. The highest BCUT2D eigenvalue weighted by atomic mass is 35.5. The number of hydrogen-bond donors (Lipinski definition) is 0. The molecule has 0 atom stereocenters. The highest BCUT2D eigenvalue weighted by Gasteiger charge is 2.19. The van der Waals surface area contributed by atoms with E-state index in [4.69, 9.17) is 11.6 Å². The second-order valence-corrected chi connectivity index (χ2v) is 6.66. The predicted molar refractivity (Wildman–Crippen MR) is 103 cm³/mol. The summed E-state index contributed by atoms with van der Waals surface area (Å²) in [5, 5.41) is 0.754. The maximum atomic E-state index is 13.1. The molecule has 2 heterocycles. The first-order chi connectivity index (χ1) is 12.7. The maximum absolute atomic E-state index is 13.1. The number of halogens is 2. The topological polar surface area (TPSA) is 32.3 Å². The Bertz CT molecular complexity index is 892. The molecule has 0 radical (unpaired) electrons. The lowest BCUT2D eigenvalue weighted by Crippen LogP contribution is -2.46. The van der Waals surface area contributed by atoms with Crippen molar-refractivity contribution in [2.45, 2.75) is 0 Å². The van der Waals surface area contributed by atoms with Crippen molar-refractivity contribution in [3.8, 4) is 11.3 Å². The average Bonchev–Trinajstić information content (AvgIpc) is 2.69. The molecule has 0 saturated carbocycles. The summed E-state index contributed by atoms with van der Waals surface area (Å²) in [5.41, 5.74) is 2.83. The molecular weight excluding hydrogens is 351 g/mol. The van der Waals surface area contributed by atoms with Crippen LogP contribution in [-0.2, 0) is 0 Å². The van der Waals surface area contributed by atoms with E-state index in [0.29, 0.717) is 0 Å². The first-order valence-electron chi connectivity index (χ1n) is 8.52. The quantitative estimate of drug-likeness (QED) is 0.691. The van der Waals surface area contributed by atoms with Crippen molar-refractivity contribution >= 4 is 23.1 Å². The molecule has 1 fully saturated rings. The Morgan fingerprint density at radius 1 is 0.846 bits per heavy atom. The molecule has 0 bridgehead atoms. The molecule has 1 aromatic heterocycles. The Labute approximate surface area is 156 Å². The SMILES string of the molecule is Fc1ccc(-c2cc(N3CCN(c4cccc(Cl)c4)CC3)ncn2)cc1. The lowest BCUT2D eigenvalue weighted by Gasteiger charge is -2.36. The van der Waals surface area contributed by atoms with Gasteiger partial charge in [0.15, 0.2) is 0 Å². The summed E-state index contributed by atoms with van der Waals surface area (Å²) in [4.78, 5) is 13.3. The molecule has 3 aromatic rings. The van der Waals surface area contributed by atoms with E-state index < -0.39 is 0 Å². The van der Waals surface area contributed by atoms with Crippen LogP contribution in [-0.4, -0.2) is 36.1 Å². The van der Waals surface area contributed by atoms with Gasteiger partial charge < -0.3 is 9.80 Å². The molecule has 1 aliphatic rings. The molecule has 132 valence electrons. The van der Waals surface area contributed by atoms with Crippen LogP contribution < -0.4 is 9.80 Å². The fourth-order valence-corrected chi connectivity index (χ4v) is 3.35. The number of anilines is 2. The molecule has 1 saturated heterocycles. The van der Waals surface area contributed by atoms with Crippen LogP contribution in [0.5, 0.6) is 0 Å². The van der Waals surface area contributed by atoms with Crippen LogP contribution in [0.1, 0.15) is 0 Å². The molecule has 0 aliphatic carbocycles. The van der Waals surface area contributed by atoms with Crippen LogP contribution in [0, 0.1) is 5.82 Å². The Morgan fingerprint density at radius 3 is 2.31 bits per heavy atom. The van der Waals surface area contributed by atoms with Gasteiger partial charge in [0.25, 0.3) is 0 Å². The van der Waals surface area contributed by atoms with Crippen molar-refractivity contribution in [2.24, 2.45) is 0 Å². The van der Waals surface area contributed by atoms with Gasteiger partial charge in [0.1, 0.15) is 18.0 Å². The predicted octanol–water partition coefficient (Wildman–Crippen LogP) is 4.26. The third kappa shape index (κ3) is 3.63. The minimum atomic E-state index is -0.250. The van der Waals surface area contributed by atoms with Gasteiger partial charge in [-0.05, 0) is 42.5 Å². The van der Waals surface area contributed by atoms with E-state index in [1.54, 1.807) is 18.5 Å². The van der Waals surface area contributed by atoms with Crippen molar-refractivity contribution in [1.82, 2.24) is 9.97 Å². The summed E-state index contributed by atoms with van der Waals surface area (Å²) >= 11 is 6.10. The standard InChI is InChI=1S/C20H18ClFN4/c21-16-2-1-3-18(12-16)25-8-10-26(11-9-25)20-13-19(23-14-24-20)15-4-6-17(22)7-5-15/h1-7,12-14H,8-11H2. The minimum absolute atomic E-state index is 0.250. The molecular formula is C20H18ClFN4. The second kappa shape index (κ2) is 7.30. The van der Waals surface area contributed by atoms with Gasteiger partial charge in [0.2, 0.25) is 0 Å². The zero-order chi connectivity index (χ0) is 17.9. The number of rotatable bonds is 3. The van der Waals surface area contributed by atoms with Crippen LogP contribution in [0.15, 0.2) is 60.9 Å². The van der Waals surface area contributed by atoms with E-state index in [2.05, 4.69) is 25.8 Å². The molecule has 6 heteroatoms. The fraction of sp³-hybridized carbons (Fsp3) is 0.200. The lowest BCUT2D eigenvalue weighted by molar-refractivity contribution is 0.628. The van der Waals surface area contributed by atoms with E-state index in [1.165, 1.54) is 12.1 Å². The molecule has 26 heavy (non-hydrogen) atoms. The molecule has 0 amide bonds. The monoisotopic (exact) mass is 368 g/mol. The van der Waals surface area contributed by atoms with E-state index in [9.17, 15) is 4.39 Å². The third-order valence-electron chi connectivity index (χ3n) is 4.57. The Balaban J connectivity index is 1.48. The highest BCUT2D eigenvalue weighted by molar-refractivity contribution is 6.30. The van der Waals surface area contributed by atoms with Crippen LogP contribution in [0.3, 0.4) is 0 Å². The van der Waals surface area contributed by atoms with Crippen molar-refractivity contribution in [1.29, 1.82) is 0 Å². The van der Waals surface area contributed by atoms with Gasteiger partial charge in [-0.25, -0.2) is 14.4 Å². The molecule has 0 spiro atoms. The van der Waals surface area contributed by atoms with Crippen molar-refractivity contribution in [3.05, 3.63) is 71.8 Å². The molecule has 4 nitrogen and oxygen atoms in total. The number of benzene rings is 2. The van der Waals surface area contributed by atoms with Gasteiger partial charge in [-0.2, -0.15) is 0 Å². The Morgan fingerprint density at radius 2 is 1.58 bits per heavy atom. The van der Waals surface area contributed by atoms with E-state index in [1.807, 2.05) is 24.3 Å². The van der Waals surface area contributed by atoms with Crippen molar-refractivity contribution in [2.75, 3.05) is 36.0 Å². The summed E-state index contributed by atoms with van der Waals surface area (Å²) in [5.74, 6) is 0.644. The first kappa shape index (κ1) is 16.8. The summed E-state index contributed by atoms with van der Waals surface area (Å²) in [6.07, 6.45) is 1.57. The normalized spacial score (nSPS) is 14.5. The summed E-state index contributed by atoms with van der Waals surface area (Å²) in [6, 6.07) is 16.3. The van der Waals surface area contributed by atoms with Gasteiger partial charge in [0, 0.05) is 48.5 Å². The van der Waals surface area contributed by atoms with Crippen LogP contribution in [0.25, 0.3) is 11.3 Å². The number of hydrogen-bond acceptors (Lipinski definition) is 4. The van der Waals surface area contributed by atoms with E-state index in [-0.39, 0.29) is 5.82 Å². The second-order valence-electron chi connectivity index (χ2n) is 6.22. The van der Waals surface area contributed by atoms with Gasteiger partial charge in [0.05, 0.1) is 5.69 Å².